The average molecular weight is 410 g/mol. The van der Waals surface area contributed by atoms with Gasteiger partial charge in [-0.1, -0.05) is 54.9 Å². The second-order valence-corrected chi connectivity index (χ2v) is 8.25. The average Bonchev–Trinajstić information content (AvgIpc) is 3.31. The van der Waals surface area contributed by atoms with Crippen molar-refractivity contribution in [1.82, 2.24) is 19.8 Å². The first-order valence-corrected chi connectivity index (χ1v) is 10.6. The van der Waals surface area contributed by atoms with E-state index in [0.717, 1.165) is 41.4 Å². The van der Waals surface area contributed by atoms with Crippen LogP contribution < -0.4 is 5.32 Å². The molecule has 4 rings (SSSR count). The highest BCUT2D eigenvalue weighted by Crippen LogP contribution is 2.30. The molecule has 1 atom stereocenters. The first-order chi connectivity index (χ1) is 14.1. The lowest BCUT2D eigenvalue weighted by atomic mass is 10.1. The van der Waals surface area contributed by atoms with E-state index in [2.05, 4.69) is 46.7 Å². The number of benzene rings is 1. The number of unbranched alkanes of at least 4 members (excludes halogenated alkanes) is 1. The highest BCUT2D eigenvalue weighted by Gasteiger charge is 2.24. The largest absolute Gasteiger partial charge is 0.360 e. The minimum absolute atomic E-state index is 0.107. The van der Waals surface area contributed by atoms with Gasteiger partial charge in [-0.15, -0.1) is 10.2 Å². The van der Waals surface area contributed by atoms with Crippen molar-refractivity contribution in [2.75, 3.05) is 5.32 Å². The summed E-state index contributed by atoms with van der Waals surface area (Å²) < 4.78 is 7.08. The quantitative estimate of drug-likeness (QED) is 0.442. The SMILES string of the molecule is CCCCC(Sc1nnc2cc(C)c3ccccc3n12)C(=O)Nc1cc(C)on1. The van der Waals surface area contributed by atoms with E-state index in [-0.39, 0.29) is 11.2 Å². The standard InChI is InChI=1S/C21H23N5O2S/c1-4-5-10-17(20(27)22-18-12-14(3)28-25-18)29-21-24-23-19-11-13(2)15-8-6-7-9-16(15)26(19)21/h6-9,11-12,17H,4-5,10H2,1-3H3,(H,22,25,27). The van der Waals surface area contributed by atoms with E-state index in [1.807, 2.05) is 22.6 Å². The monoisotopic (exact) mass is 409 g/mol. The second kappa shape index (κ2) is 8.24. The fourth-order valence-electron chi connectivity index (χ4n) is 3.34. The van der Waals surface area contributed by atoms with E-state index in [4.69, 9.17) is 4.52 Å². The van der Waals surface area contributed by atoms with E-state index < -0.39 is 0 Å². The first kappa shape index (κ1) is 19.4. The molecule has 3 aromatic heterocycles. The summed E-state index contributed by atoms with van der Waals surface area (Å²) in [5, 5.41) is 17.0. The summed E-state index contributed by atoms with van der Waals surface area (Å²) in [5.74, 6) is 0.982. The molecule has 7 nitrogen and oxygen atoms in total. The molecule has 1 aromatic carbocycles. The zero-order chi connectivity index (χ0) is 20.4. The highest BCUT2D eigenvalue weighted by molar-refractivity contribution is 8.00. The Morgan fingerprint density at radius 3 is 2.83 bits per heavy atom. The van der Waals surface area contributed by atoms with Crippen molar-refractivity contribution in [3.63, 3.8) is 0 Å². The number of hydrogen-bond acceptors (Lipinski definition) is 6. The van der Waals surface area contributed by atoms with Crippen molar-refractivity contribution in [2.45, 2.75) is 50.4 Å². The lowest BCUT2D eigenvalue weighted by molar-refractivity contribution is -0.115. The van der Waals surface area contributed by atoms with Gasteiger partial charge in [-0.3, -0.25) is 9.20 Å². The van der Waals surface area contributed by atoms with Crippen LogP contribution in [0.4, 0.5) is 5.82 Å². The second-order valence-electron chi connectivity index (χ2n) is 7.08. The van der Waals surface area contributed by atoms with Gasteiger partial charge in [-0.05, 0) is 38.0 Å². The Bertz CT molecular complexity index is 1170. The molecular weight excluding hydrogens is 386 g/mol. The topological polar surface area (TPSA) is 85.3 Å². The van der Waals surface area contributed by atoms with Gasteiger partial charge in [-0.2, -0.15) is 0 Å². The number of hydrogen-bond donors (Lipinski definition) is 1. The molecule has 0 fully saturated rings. The number of aromatic nitrogens is 4. The Hall–Kier alpha value is -2.87. The minimum atomic E-state index is -0.306. The maximum Gasteiger partial charge on any atom is 0.239 e. The summed E-state index contributed by atoms with van der Waals surface area (Å²) in [6.45, 7) is 5.98. The van der Waals surface area contributed by atoms with E-state index in [1.165, 1.54) is 11.8 Å². The third kappa shape index (κ3) is 3.98. The van der Waals surface area contributed by atoms with Crippen molar-refractivity contribution in [2.24, 2.45) is 0 Å². The maximum atomic E-state index is 12.9. The molecule has 0 bridgehead atoms. The molecule has 29 heavy (non-hydrogen) atoms. The lowest BCUT2D eigenvalue weighted by Crippen LogP contribution is -2.25. The lowest BCUT2D eigenvalue weighted by Gasteiger charge is -2.15. The van der Waals surface area contributed by atoms with E-state index >= 15 is 0 Å². The highest BCUT2D eigenvalue weighted by atomic mass is 32.2. The van der Waals surface area contributed by atoms with Crippen molar-refractivity contribution in [3.05, 3.63) is 47.7 Å². The Morgan fingerprint density at radius 2 is 2.07 bits per heavy atom. The number of nitrogens with one attached hydrogen (secondary N) is 1. The number of carbonyl (C=O) groups is 1. The predicted molar refractivity (Wildman–Crippen MR) is 114 cm³/mol. The van der Waals surface area contributed by atoms with E-state index in [9.17, 15) is 4.79 Å². The Labute approximate surface area is 172 Å². The van der Waals surface area contributed by atoms with Crippen LogP contribution in [0.3, 0.4) is 0 Å². The first-order valence-electron chi connectivity index (χ1n) is 9.71. The van der Waals surface area contributed by atoms with Crippen molar-refractivity contribution in [1.29, 1.82) is 0 Å². The van der Waals surface area contributed by atoms with Crippen LogP contribution in [0, 0.1) is 13.8 Å². The molecule has 1 amide bonds. The van der Waals surface area contributed by atoms with Crippen LogP contribution in [0.25, 0.3) is 16.6 Å². The van der Waals surface area contributed by atoms with Gasteiger partial charge in [0.15, 0.2) is 16.6 Å². The van der Waals surface area contributed by atoms with Crippen LogP contribution in [0.1, 0.15) is 37.5 Å². The van der Waals surface area contributed by atoms with Crippen LogP contribution in [-0.4, -0.2) is 30.9 Å². The van der Waals surface area contributed by atoms with Crippen LogP contribution in [-0.2, 0) is 4.79 Å². The van der Waals surface area contributed by atoms with Gasteiger partial charge >= 0.3 is 0 Å². The predicted octanol–water partition coefficient (Wildman–Crippen LogP) is 4.78. The third-order valence-electron chi connectivity index (χ3n) is 4.81. The summed E-state index contributed by atoms with van der Waals surface area (Å²) in [7, 11) is 0. The molecule has 0 aliphatic rings. The zero-order valence-corrected chi connectivity index (χ0v) is 17.5. The summed E-state index contributed by atoms with van der Waals surface area (Å²) >= 11 is 1.44. The van der Waals surface area contributed by atoms with Crippen LogP contribution in [0.15, 0.2) is 46.1 Å². The molecule has 4 aromatic rings. The summed E-state index contributed by atoms with van der Waals surface area (Å²) in [5.41, 5.74) is 2.97. The number of para-hydroxylation sites is 1. The number of rotatable bonds is 7. The number of aryl methyl sites for hydroxylation is 2. The molecule has 0 spiro atoms. The van der Waals surface area contributed by atoms with Crippen molar-refractivity contribution >= 4 is 40.0 Å². The van der Waals surface area contributed by atoms with Gasteiger partial charge in [0.2, 0.25) is 5.91 Å². The number of pyridine rings is 1. The molecule has 0 aliphatic carbocycles. The number of nitrogens with zero attached hydrogens (tertiary/aromatic N) is 4. The van der Waals surface area contributed by atoms with Crippen molar-refractivity contribution < 1.29 is 9.32 Å². The van der Waals surface area contributed by atoms with Gasteiger partial charge in [-0.25, -0.2) is 0 Å². The van der Waals surface area contributed by atoms with Gasteiger partial charge in [0.25, 0.3) is 0 Å². The maximum absolute atomic E-state index is 12.9. The fraction of sp³-hybridized carbons (Fsp3) is 0.333. The number of thioether (sulfide) groups is 1. The summed E-state index contributed by atoms with van der Waals surface area (Å²) in [6.07, 6.45) is 2.69. The Morgan fingerprint density at radius 1 is 1.24 bits per heavy atom. The van der Waals surface area contributed by atoms with E-state index in [1.54, 1.807) is 13.0 Å². The molecule has 1 N–H and O–H groups in total. The molecule has 1 unspecified atom stereocenters. The molecule has 8 heteroatoms. The zero-order valence-electron chi connectivity index (χ0n) is 16.7. The molecular formula is C21H23N5O2S. The van der Waals surface area contributed by atoms with Crippen LogP contribution in [0.2, 0.25) is 0 Å². The molecule has 3 heterocycles. The molecule has 150 valence electrons. The Balaban J connectivity index is 1.67. The van der Waals surface area contributed by atoms with Gasteiger partial charge < -0.3 is 9.84 Å². The normalized spacial score (nSPS) is 12.5. The van der Waals surface area contributed by atoms with Crippen LogP contribution >= 0.6 is 11.8 Å². The number of fused-ring (bicyclic) bond motifs is 3. The number of anilines is 1. The van der Waals surface area contributed by atoms with Gasteiger partial charge in [0.05, 0.1) is 10.8 Å². The van der Waals surface area contributed by atoms with Crippen LogP contribution in [0.5, 0.6) is 0 Å². The number of amides is 1. The fourth-order valence-corrected chi connectivity index (χ4v) is 4.43. The van der Waals surface area contributed by atoms with Gasteiger partial charge in [0.1, 0.15) is 5.76 Å². The summed E-state index contributed by atoms with van der Waals surface area (Å²) in [6, 6.07) is 11.9. The van der Waals surface area contributed by atoms with Crippen molar-refractivity contribution in [3.8, 4) is 0 Å². The number of carbonyl (C=O) groups excluding carboxylic acids is 1. The molecule has 0 saturated carbocycles. The third-order valence-corrected chi connectivity index (χ3v) is 6.02. The molecule has 0 radical (unpaired) electrons. The van der Waals surface area contributed by atoms with E-state index in [0.29, 0.717) is 16.7 Å². The minimum Gasteiger partial charge on any atom is -0.360 e. The summed E-state index contributed by atoms with van der Waals surface area (Å²) in [4.78, 5) is 12.9. The van der Waals surface area contributed by atoms with Gasteiger partial charge in [0, 0.05) is 11.5 Å². The Kier molecular flexibility index (Phi) is 5.53. The smallest absolute Gasteiger partial charge is 0.239 e. The molecule has 0 aliphatic heterocycles. The molecule has 0 saturated heterocycles.